The summed E-state index contributed by atoms with van der Waals surface area (Å²) in [5.41, 5.74) is 7.83. The van der Waals surface area contributed by atoms with Crippen LogP contribution in [-0.2, 0) is 14.8 Å². The van der Waals surface area contributed by atoms with Crippen molar-refractivity contribution in [1.29, 1.82) is 0 Å². The van der Waals surface area contributed by atoms with Crippen molar-refractivity contribution in [2.45, 2.75) is 4.90 Å². The lowest BCUT2D eigenvalue weighted by Crippen LogP contribution is -2.37. The van der Waals surface area contributed by atoms with Crippen molar-refractivity contribution < 1.29 is 13.2 Å². The summed E-state index contributed by atoms with van der Waals surface area (Å²) in [4.78, 5) is 19.7. The van der Waals surface area contributed by atoms with E-state index in [0.29, 0.717) is 54.8 Å². The number of hydrogen-bond acceptors (Lipinski definition) is 9. The van der Waals surface area contributed by atoms with Crippen LogP contribution in [0.4, 0.5) is 11.9 Å². The van der Waals surface area contributed by atoms with Gasteiger partial charge in [-0.05, 0) is 12.1 Å². The van der Waals surface area contributed by atoms with Crippen molar-refractivity contribution in [2.24, 2.45) is 0 Å². The molecule has 2 aromatic heterocycles. The predicted molar refractivity (Wildman–Crippen MR) is 117 cm³/mol. The Kier molecular flexibility index (Phi) is 5.81. The largest absolute Gasteiger partial charge is 0.378 e. The maximum Gasteiger partial charge on any atom is 0.243 e. The summed E-state index contributed by atoms with van der Waals surface area (Å²) in [7, 11) is -0.674. The Morgan fingerprint density at radius 1 is 1.03 bits per heavy atom. The number of nitrogens with two attached hydrogens (primary N) is 1. The SMILES string of the molecule is CN(C)S(=O)(=O)c1ccccc1-c1cc(-c2cnc(N)nc2)nc(N2CCOCC2)n1. The normalized spacial score (nSPS) is 14.7. The van der Waals surface area contributed by atoms with Crippen LogP contribution in [0.15, 0.2) is 47.6 Å². The average Bonchev–Trinajstić information content (AvgIpc) is 2.79. The molecule has 0 amide bonds. The second kappa shape index (κ2) is 8.53. The minimum absolute atomic E-state index is 0.161. The topological polar surface area (TPSA) is 127 Å². The van der Waals surface area contributed by atoms with E-state index in [1.165, 1.54) is 18.4 Å². The van der Waals surface area contributed by atoms with Crippen molar-refractivity contribution in [3.05, 3.63) is 42.7 Å². The Hall–Kier alpha value is -3.15. The van der Waals surface area contributed by atoms with Gasteiger partial charge < -0.3 is 15.4 Å². The number of hydrogen-bond donors (Lipinski definition) is 1. The third-order valence-corrected chi connectivity index (χ3v) is 6.77. The Morgan fingerprint density at radius 2 is 1.68 bits per heavy atom. The van der Waals surface area contributed by atoms with E-state index in [0.717, 1.165) is 0 Å². The Bertz CT molecular complexity index is 1180. The monoisotopic (exact) mass is 441 g/mol. The van der Waals surface area contributed by atoms with Gasteiger partial charge >= 0.3 is 0 Å². The number of benzene rings is 1. The van der Waals surface area contributed by atoms with E-state index in [2.05, 4.69) is 15.0 Å². The van der Waals surface area contributed by atoms with E-state index in [4.69, 9.17) is 15.5 Å². The molecule has 3 heterocycles. The van der Waals surface area contributed by atoms with Crippen LogP contribution in [0, 0.1) is 0 Å². The number of sulfonamides is 1. The zero-order valence-corrected chi connectivity index (χ0v) is 18.1. The number of ether oxygens (including phenoxy) is 1. The second-order valence-electron chi connectivity index (χ2n) is 7.15. The summed E-state index contributed by atoms with van der Waals surface area (Å²) in [6.07, 6.45) is 3.17. The Balaban J connectivity index is 1.90. The molecule has 162 valence electrons. The number of nitrogen functional groups attached to an aromatic ring is 1. The summed E-state index contributed by atoms with van der Waals surface area (Å²) in [6.45, 7) is 2.41. The molecule has 0 aliphatic carbocycles. The first-order valence-electron chi connectivity index (χ1n) is 9.68. The van der Waals surface area contributed by atoms with Gasteiger partial charge in [-0.25, -0.2) is 32.7 Å². The van der Waals surface area contributed by atoms with Crippen molar-refractivity contribution in [3.8, 4) is 22.5 Å². The first-order chi connectivity index (χ1) is 14.9. The molecule has 2 N–H and O–H groups in total. The van der Waals surface area contributed by atoms with Gasteiger partial charge in [-0.1, -0.05) is 18.2 Å². The van der Waals surface area contributed by atoms with Crippen LogP contribution in [0.2, 0.25) is 0 Å². The fraction of sp³-hybridized carbons (Fsp3) is 0.300. The van der Waals surface area contributed by atoms with Crippen molar-refractivity contribution in [1.82, 2.24) is 24.2 Å². The zero-order chi connectivity index (χ0) is 22.0. The maximum absolute atomic E-state index is 12.9. The van der Waals surface area contributed by atoms with Crippen LogP contribution in [0.3, 0.4) is 0 Å². The third kappa shape index (κ3) is 4.33. The first-order valence-corrected chi connectivity index (χ1v) is 11.1. The van der Waals surface area contributed by atoms with Crippen molar-refractivity contribution in [3.63, 3.8) is 0 Å². The lowest BCUT2D eigenvalue weighted by molar-refractivity contribution is 0.122. The van der Waals surface area contributed by atoms with Gasteiger partial charge in [0, 0.05) is 50.7 Å². The van der Waals surface area contributed by atoms with Crippen LogP contribution >= 0.6 is 0 Å². The minimum atomic E-state index is -3.68. The number of anilines is 2. The molecule has 4 rings (SSSR count). The quantitative estimate of drug-likeness (QED) is 0.622. The van der Waals surface area contributed by atoms with Crippen LogP contribution < -0.4 is 10.6 Å². The predicted octanol–water partition coefficient (Wildman–Crippen LogP) is 1.27. The molecule has 0 radical (unpaired) electrons. The Labute approximate surface area is 180 Å². The highest BCUT2D eigenvalue weighted by atomic mass is 32.2. The molecule has 10 nitrogen and oxygen atoms in total. The van der Waals surface area contributed by atoms with Gasteiger partial charge in [-0.3, -0.25) is 0 Å². The standard InChI is InChI=1S/C20H23N7O3S/c1-26(2)31(28,29)18-6-4-3-5-15(18)17-11-16(14-12-22-19(21)23-13-14)24-20(25-17)27-7-9-30-10-8-27/h3-6,11-13H,7-10H2,1-2H3,(H2,21,22,23). The molecule has 1 aromatic carbocycles. The number of morpholine rings is 1. The van der Waals surface area contributed by atoms with Gasteiger partial charge in [0.25, 0.3) is 0 Å². The molecular weight excluding hydrogens is 418 g/mol. The number of nitrogens with zero attached hydrogens (tertiary/aromatic N) is 6. The van der Waals surface area contributed by atoms with Crippen LogP contribution in [-0.4, -0.2) is 73.1 Å². The molecule has 1 fully saturated rings. The van der Waals surface area contributed by atoms with E-state index in [9.17, 15) is 8.42 Å². The molecule has 1 aliphatic rings. The van der Waals surface area contributed by atoms with E-state index in [-0.39, 0.29) is 10.8 Å². The van der Waals surface area contributed by atoms with Gasteiger partial charge in [0.2, 0.25) is 21.9 Å². The van der Waals surface area contributed by atoms with E-state index < -0.39 is 10.0 Å². The number of aromatic nitrogens is 4. The summed E-state index contributed by atoms with van der Waals surface area (Å²) in [5.74, 6) is 0.651. The molecule has 0 bridgehead atoms. The summed E-state index contributed by atoms with van der Waals surface area (Å²) in [6, 6.07) is 8.53. The van der Waals surface area contributed by atoms with E-state index in [1.54, 1.807) is 42.7 Å². The molecule has 1 aliphatic heterocycles. The Morgan fingerprint density at radius 3 is 2.35 bits per heavy atom. The molecule has 0 spiro atoms. The van der Waals surface area contributed by atoms with Crippen LogP contribution in [0.25, 0.3) is 22.5 Å². The third-order valence-electron chi connectivity index (χ3n) is 4.90. The highest BCUT2D eigenvalue weighted by Gasteiger charge is 2.24. The van der Waals surface area contributed by atoms with Gasteiger partial charge in [0.1, 0.15) is 0 Å². The van der Waals surface area contributed by atoms with Crippen LogP contribution in [0.5, 0.6) is 0 Å². The van der Waals surface area contributed by atoms with Crippen molar-refractivity contribution in [2.75, 3.05) is 51.0 Å². The van der Waals surface area contributed by atoms with Crippen molar-refractivity contribution >= 4 is 21.9 Å². The zero-order valence-electron chi connectivity index (χ0n) is 17.3. The molecular formula is C20H23N7O3S. The number of rotatable bonds is 5. The van der Waals surface area contributed by atoms with Gasteiger partial charge in [-0.2, -0.15) is 0 Å². The van der Waals surface area contributed by atoms with Gasteiger partial charge in [0.05, 0.1) is 29.5 Å². The highest BCUT2D eigenvalue weighted by Crippen LogP contribution is 2.31. The molecule has 3 aromatic rings. The summed E-state index contributed by atoms with van der Waals surface area (Å²) in [5, 5.41) is 0. The highest BCUT2D eigenvalue weighted by molar-refractivity contribution is 7.89. The lowest BCUT2D eigenvalue weighted by atomic mass is 10.1. The molecule has 31 heavy (non-hydrogen) atoms. The first kappa shape index (κ1) is 21.1. The minimum Gasteiger partial charge on any atom is -0.378 e. The van der Waals surface area contributed by atoms with E-state index in [1.807, 2.05) is 4.90 Å². The second-order valence-corrected chi connectivity index (χ2v) is 9.27. The fourth-order valence-corrected chi connectivity index (χ4v) is 4.29. The molecule has 0 saturated carbocycles. The molecule has 0 unspecified atom stereocenters. The smallest absolute Gasteiger partial charge is 0.243 e. The van der Waals surface area contributed by atoms with Crippen LogP contribution in [0.1, 0.15) is 0 Å². The molecule has 1 saturated heterocycles. The summed E-state index contributed by atoms with van der Waals surface area (Å²) >= 11 is 0. The van der Waals surface area contributed by atoms with Gasteiger partial charge in [0.15, 0.2) is 0 Å². The molecule has 11 heteroatoms. The molecule has 0 atom stereocenters. The average molecular weight is 442 g/mol. The van der Waals surface area contributed by atoms with Gasteiger partial charge in [-0.15, -0.1) is 0 Å². The lowest BCUT2D eigenvalue weighted by Gasteiger charge is -2.27. The summed E-state index contributed by atoms with van der Waals surface area (Å²) < 4.78 is 32.5. The fourth-order valence-electron chi connectivity index (χ4n) is 3.20. The van der Waals surface area contributed by atoms with E-state index >= 15 is 0 Å². The maximum atomic E-state index is 12.9.